The van der Waals surface area contributed by atoms with Crippen LogP contribution in [0.3, 0.4) is 0 Å². The molecule has 20 heavy (non-hydrogen) atoms. The molecule has 0 bridgehead atoms. The Morgan fingerprint density at radius 2 is 2.25 bits per heavy atom. The van der Waals surface area contributed by atoms with Crippen LogP contribution in [0.1, 0.15) is 49.4 Å². The molecule has 1 aliphatic rings. The van der Waals surface area contributed by atoms with E-state index in [2.05, 4.69) is 28.2 Å². The number of halogens is 1. The molecule has 110 valence electrons. The van der Waals surface area contributed by atoms with Crippen molar-refractivity contribution >= 4 is 27.5 Å². The van der Waals surface area contributed by atoms with E-state index in [1.54, 1.807) is 18.2 Å². The fourth-order valence-electron chi connectivity index (χ4n) is 2.98. The van der Waals surface area contributed by atoms with Gasteiger partial charge in [-0.15, -0.1) is 0 Å². The Balaban J connectivity index is 1.78. The van der Waals surface area contributed by atoms with Crippen LogP contribution < -0.4 is 11.1 Å². The fraction of sp³-hybridized carbons (Fsp3) is 0.562. The molecular formula is C16H23BrN2O. The molecule has 1 aromatic carbocycles. The SMILES string of the molecule is CC1CCCC(CCNC(=O)c2ccc(N)c(Br)c2)C1. The summed E-state index contributed by atoms with van der Waals surface area (Å²) >= 11 is 3.35. The van der Waals surface area contributed by atoms with Gasteiger partial charge in [-0.1, -0.05) is 26.2 Å². The molecule has 2 rings (SSSR count). The minimum absolute atomic E-state index is 0.0189. The second kappa shape index (κ2) is 7.11. The molecule has 0 aromatic heterocycles. The van der Waals surface area contributed by atoms with Gasteiger partial charge in [0.25, 0.3) is 5.91 Å². The second-order valence-corrected chi connectivity index (χ2v) is 6.77. The number of carbonyl (C=O) groups is 1. The number of nitrogens with one attached hydrogen (secondary N) is 1. The number of rotatable bonds is 4. The molecule has 1 saturated carbocycles. The van der Waals surface area contributed by atoms with Crippen molar-refractivity contribution < 1.29 is 4.79 Å². The van der Waals surface area contributed by atoms with Crippen molar-refractivity contribution in [2.75, 3.05) is 12.3 Å². The standard InChI is InChI=1S/C16H23BrN2O/c1-11-3-2-4-12(9-11)7-8-19-16(20)13-5-6-15(18)14(17)10-13/h5-6,10-12H,2-4,7-9,18H2,1H3,(H,19,20). The van der Waals surface area contributed by atoms with Gasteiger partial charge in [0.05, 0.1) is 0 Å². The van der Waals surface area contributed by atoms with Crippen LogP contribution in [-0.4, -0.2) is 12.5 Å². The highest BCUT2D eigenvalue weighted by Crippen LogP contribution is 2.30. The topological polar surface area (TPSA) is 55.1 Å². The normalized spacial score (nSPS) is 22.5. The zero-order valence-corrected chi connectivity index (χ0v) is 13.6. The van der Waals surface area contributed by atoms with Crippen LogP contribution in [0.15, 0.2) is 22.7 Å². The highest BCUT2D eigenvalue weighted by atomic mass is 79.9. The van der Waals surface area contributed by atoms with Gasteiger partial charge in [0.1, 0.15) is 0 Å². The third-order valence-corrected chi connectivity index (χ3v) is 4.83. The summed E-state index contributed by atoms with van der Waals surface area (Å²) in [5, 5.41) is 3.01. The number of nitrogen functional groups attached to an aromatic ring is 1. The van der Waals surface area contributed by atoms with Crippen LogP contribution in [-0.2, 0) is 0 Å². The Hall–Kier alpha value is -1.03. The lowest BCUT2D eigenvalue weighted by atomic mass is 9.81. The maximum Gasteiger partial charge on any atom is 0.251 e. The highest BCUT2D eigenvalue weighted by molar-refractivity contribution is 9.10. The highest BCUT2D eigenvalue weighted by Gasteiger charge is 2.18. The van der Waals surface area contributed by atoms with E-state index in [1.165, 1.54) is 25.7 Å². The molecule has 1 amide bonds. The molecule has 3 N–H and O–H groups in total. The molecule has 1 fully saturated rings. The van der Waals surface area contributed by atoms with E-state index in [0.29, 0.717) is 11.3 Å². The Morgan fingerprint density at radius 1 is 1.45 bits per heavy atom. The molecule has 3 nitrogen and oxygen atoms in total. The number of benzene rings is 1. The number of carbonyl (C=O) groups excluding carboxylic acids is 1. The minimum atomic E-state index is -0.0189. The molecular weight excluding hydrogens is 316 g/mol. The van der Waals surface area contributed by atoms with Gasteiger partial charge in [0, 0.05) is 22.3 Å². The molecule has 2 unspecified atom stereocenters. The third kappa shape index (κ3) is 4.23. The summed E-state index contributed by atoms with van der Waals surface area (Å²) in [6, 6.07) is 5.28. The predicted octanol–water partition coefficient (Wildman–Crippen LogP) is 3.98. The Kier molecular flexibility index (Phi) is 5.46. The van der Waals surface area contributed by atoms with Gasteiger partial charge in [-0.05, 0) is 58.8 Å². The molecule has 0 heterocycles. The van der Waals surface area contributed by atoms with Gasteiger partial charge in [-0.2, -0.15) is 0 Å². The van der Waals surface area contributed by atoms with E-state index in [4.69, 9.17) is 5.73 Å². The summed E-state index contributed by atoms with van der Waals surface area (Å²) in [5.74, 6) is 1.60. The summed E-state index contributed by atoms with van der Waals surface area (Å²) in [6.45, 7) is 3.09. The Labute approximate surface area is 129 Å². The van der Waals surface area contributed by atoms with Crippen LogP contribution >= 0.6 is 15.9 Å². The first-order chi connectivity index (χ1) is 9.56. The van der Waals surface area contributed by atoms with Crippen LogP contribution in [0, 0.1) is 11.8 Å². The van der Waals surface area contributed by atoms with Gasteiger partial charge in [0.15, 0.2) is 0 Å². The smallest absolute Gasteiger partial charge is 0.251 e. The Morgan fingerprint density at radius 3 is 2.95 bits per heavy atom. The van der Waals surface area contributed by atoms with Gasteiger partial charge in [-0.25, -0.2) is 0 Å². The number of anilines is 1. The maximum absolute atomic E-state index is 12.0. The van der Waals surface area contributed by atoms with Gasteiger partial charge < -0.3 is 11.1 Å². The van der Waals surface area contributed by atoms with Crippen molar-refractivity contribution in [3.63, 3.8) is 0 Å². The van der Waals surface area contributed by atoms with Crippen molar-refractivity contribution in [3.05, 3.63) is 28.2 Å². The predicted molar refractivity (Wildman–Crippen MR) is 86.6 cm³/mol. The summed E-state index contributed by atoms with van der Waals surface area (Å²) < 4.78 is 0.770. The summed E-state index contributed by atoms with van der Waals surface area (Å²) in [6.07, 6.45) is 6.41. The fourth-order valence-corrected chi connectivity index (χ4v) is 3.36. The third-order valence-electron chi connectivity index (χ3n) is 4.15. The van der Waals surface area contributed by atoms with Crippen LogP contribution in [0.25, 0.3) is 0 Å². The van der Waals surface area contributed by atoms with Crippen molar-refractivity contribution in [1.29, 1.82) is 0 Å². The first-order valence-corrected chi connectivity index (χ1v) is 8.18. The minimum Gasteiger partial charge on any atom is -0.398 e. The largest absolute Gasteiger partial charge is 0.398 e. The van der Waals surface area contributed by atoms with Gasteiger partial charge in [0.2, 0.25) is 0 Å². The first kappa shape index (κ1) is 15.4. The molecule has 1 aromatic rings. The van der Waals surface area contributed by atoms with Crippen LogP contribution in [0.2, 0.25) is 0 Å². The van der Waals surface area contributed by atoms with Gasteiger partial charge in [-0.3, -0.25) is 4.79 Å². The summed E-state index contributed by atoms with van der Waals surface area (Å²) in [4.78, 5) is 12.0. The van der Waals surface area contributed by atoms with Crippen molar-refractivity contribution in [2.45, 2.75) is 39.0 Å². The monoisotopic (exact) mass is 338 g/mol. The van der Waals surface area contributed by atoms with E-state index in [-0.39, 0.29) is 5.91 Å². The lowest BCUT2D eigenvalue weighted by Crippen LogP contribution is -2.27. The lowest BCUT2D eigenvalue weighted by Gasteiger charge is -2.26. The van der Waals surface area contributed by atoms with Crippen molar-refractivity contribution in [2.24, 2.45) is 11.8 Å². The maximum atomic E-state index is 12.0. The second-order valence-electron chi connectivity index (χ2n) is 5.92. The molecule has 0 aliphatic heterocycles. The van der Waals surface area contributed by atoms with Crippen molar-refractivity contribution in [1.82, 2.24) is 5.32 Å². The summed E-state index contributed by atoms with van der Waals surface area (Å²) in [5.41, 5.74) is 7.03. The lowest BCUT2D eigenvalue weighted by molar-refractivity contribution is 0.0949. The molecule has 4 heteroatoms. The van der Waals surface area contributed by atoms with Crippen molar-refractivity contribution in [3.8, 4) is 0 Å². The first-order valence-electron chi connectivity index (χ1n) is 7.39. The average Bonchev–Trinajstić information content (AvgIpc) is 2.42. The molecule has 1 aliphatic carbocycles. The molecule has 2 atom stereocenters. The molecule has 0 saturated heterocycles. The van der Waals surface area contributed by atoms with Crippen LogP contribution in [0.5, 0.6) is 0 Å². The average molecular weight is 339 g/mol. The Bertz CT molecular complexity index is 476. The molecule has 0 radical (unpaired) electrons. The van der Waals surface area contributed by atoms with E-state index in [0.717, 1.165) is 29.3 Å². The number of hydrogen-bond donors (Lipinski definition) is 2. The number of hydrogen-bond acceptors (Lipinski definition) is 2. The molecule has 0 spiro atoms. The van der Waals surface area contributed by atoms with E-state index >= 15 is 0 Å². The van der Waals surface area contributed by atoms with E-state index < -0.39 is 0 Å². The number of nitrogens with two attached hydrogens (primary N) is 1. The van der Waals surface area contributed by atoms with Crippen LogP contribution in [0.4, 0.5) is 5.69 Å². The van der Waals surface area contributed by atoms with E-state index in [1.807, 2.05) is 0 Å². The zero-order valence-electron chi connectivity index (χ0n) is 12.0. The van der Waals surface area contributed by atoms with Gasteiger partial charge >= 0.3 is 0 Å². The zero-order chi connectivity index (χ0) is 14.5. The number of amides is 1. The van der Waals surface area contributed by atoms with E-state index in [9.17, 15) is 4.79 Å². The summed E-state index contributed by atoms with van der Waals surface area (Å²) in [7, 11) is 0. The quantitative estimate of drug-likeness (QED) is 0.816.